The first-order chi connectivity index (χ1) is 8.54. The number of benzene rings is 1. The Morgan fingerprint density at radius 1 is 1.56 bits per heavy atom. The van der Waals surface area contributed by atoms with E-state index in [-0.39, 0.29) is 10.6 Å². The van der Waals surface area contributed by atoms with Crippen LogP contribution in [0.5, 0.6) is 0 Å². The van der Waals surface area contributed by atoms with Crippen LogP contribution in [0, 0.1) is 16.0 Å². The van der Waals surface area contributed by atoms with Gasteiger partial charge in [-0.1, -0.05) is 0 Å². The number of hydrogen-bond acceptors (Lipinski definition) is 3. The third-order valence-electron chi connectivity index (χ3n) is 3.71. The van der Waals surface area contributed by atoms with Crippen LogP contribution in [0.25, 0.3) is 0 Å². The molecule has 0 spiro atoms. The van der Waals surface area contributed by atoms with Gasteiger partial charge in [-0.3, -0.25) is 10.1 Å². The highest BCUT2D eigenvalue weighted by atomic mass is 35.5. The van der Waals surface area contributed by atoms with Gasteiger partial charge in [0.1, 0.15) is 0 Å². The average molecular weight is 269 g/mol. The second kappa shape index (κ2) is 5.14. The molecule has 0 aromatic heterocycles. The fourth-order valence-corrected chi connectivity index (χ4v) is 2.46. The van der Waals surface area contributed by atoms with Crippen LogP contribution in [0.15, 0.2) is 18.2 Å². The predicted octanol–water partition coefficient (Wildman–Crippen LogP) is 3.57. The molecule has 0 aliphatic heterocycles. The molecule has 1 unspecified atom stereocenters. The van der Waals surface area contributed by atoms with Gasteiger partial charge >= 0.3 is 0 Å². The van der Waals surface area contributed by atoms with Crippen molar-refractivity contribution in [3.8, 4) is 0 Å². The lowest BCUT2D eigenvalue weighted by Crippen LogP contribution is -2.31. The Kier molecular flexibility index (Phi) is 3.76. The van der Waals surface area contributed by atoms with Crippen molar-refractivity contribution >= 4 is 23.0 Å². The van der Waals surface area contributed by atoms with Crippen molar-refractivity contribution in [2.75, 3.05) is 11.9 Å². The molecule has 18 heavy (non-hydrogen) atoms. The molecule has 1 aromatic rings. The van der Waals surface area contributed by atoms with E-state index in [9.17, 15) is 10.1 Å². The quantitative estimate of drug-likeness (QED) is 0.466. The van der Waals surface area contributed by atoms with Crippen LogP contribution in [0.1, 0.15) is 25.3 Å². The number of nitro groups is 1. The third kappa shape index (κ3) is 2.58. The van der Waals surface area contributed by atoms with Crippen LogP contribution in [-0.2, 0) is 5.88 Å². The van der Waals surface area contributed by atoms with Crippen molar-refractivity contribution in [1.82, 2.24) is 0 Å². The van der Waals surface area contributed by atoms with E-state index in [0.29, 0.717) is 11.9 Å². The molecule has 0 amide bonds. The summed E-state index contributed by atoms with van der Waals surface area (Å²) in [5, 5.41) is 10.8. The molecule has 1 aromatic carbocycles. The number of nitro benzene ring substituents is 1. The van der Waals surface area contributed by atoms with Gasteiger partial charge < -0.3 is 4.90 Å². The van der Waals surface area contributed by atoms with Gasteiger partial charge in [0.15, 0.2) is 0 Å². The van der Waals surface area contributed by atoms with E-state index in [4.69, 9.17) is 11.6 Å². The molecule has 1 aliphatic carbocycles. The first-order valence-electron chi connectivity index (χ1n) is 6.10. The second-order valence-corrected chi connectivity index (χ2v) is 5.16. The molecule has 1 saturated carbocycles. The maximum absolute atomic E-state index is 10.8. The van der Waals surface area contributed by atoms with E-state index in [2.05, 4.69) is 11.8 Å². The smallest absolute Gasteiger partial charge is 0.269 e. The maximum Gasteiger partial charge on any atom is 0.269 e. The summed E-state index contributed by atoms with van der Waals surface area (Å²) in [6.07, 6.45) is 2.55. The van der Waals surface area contributed by atoms with Crippen LogP contribution < -0.4 is 4.90 Å². The van der Waals surface area contributed by atoms with Crippen molar-refractivity contribution < 1.29 is 4.92 Å². The van der Waals surface area contributed by atoms with E-state index in [0.717, 1.165) is 17.2 Å². The molecule has 2 rings (SSSR count). The Morgan fingerprint density at radius 2 is 2.22 bits per heavy atom. The van der Waals surface area contributed by atoms with Crippen LogP contribution in [0.4, 0.5) is 11.4 Å². The lowest BCUT2D eigenvalue weighted by molar-refractivity contribution is -0.384. The molecule has 1 aliphatic rings. The van der Waals surface area contributed by atoms with Gasteiger partial charge in [-0.15, -0.1) is 11.6 Å². The number of non-ortho nitro benzene ring substituents is 1. The Labute approximate surface area is 112 Å². The Bertz CT molecular complexity index is 460. The van der Waals surface area contributed by atoms with Crippen LogP contribution in [0.3, 0.4) is 0 Å². The van der Waals surface area contributed by atoms with Gasteiger partial charge in [-0.2, -0.15) is 0 Å². The summed E-state index contributed by atoms with van der Waals surface area (Å²) in [6.45, 7) is 2.19. The molecule has 4 nitrogen and oxygen atoms in total. The number of rotatable bonds is 5. The number of nitrogens with zero attached hydrogens (tertiary/aromatic N) is 2. The minimum atomic E-state index is -0.385. The van der Waals surface area contributed by atoms with Gasteiger partial charge in [0, 0.05) is 36.8 Å². The van der Waals surface area contributed by atoms with Gasteiger partial charge in [0.25, 0.3) is 5.69 Å². The third-order valence-corrected chi connectivity index (χ3v) is 4.00. The number of halogens is 1. The highest BCUT2D eigenvalue weighted by molar-refractivity contribution is 6.17. The number of hydrogen-bond donors (Lipinski definition) is 0. The van der Waals surface area contributed by atoms with E-state index < -0.39 is 0 Å². The Morgan fingerprint density at radius 3 is 2.72 bits per heavy atom. The molecule has 5 heteroatoms. The SMILES string of the molecule is CC(C1CC1)N(C)c1ccc([N+](=O)[O-])cc1CCl. The standard InChI is InChI=1S/C13H17ClN2O2/c1-9(10-3-4-10)15(2)13-6-5-12(16(17)18)7-11(13)8-14/h5-7,9-10H,3-4,8H2,1-2H3. The zero-order valence-corrected chi connectivity index (χ0v) is 11.4. The molecule has 0 radical (unpaired) electrons. The number of anilines is 1. The zero-order valence-electron chi connectivity index (χ0n) is 10.6. The molecule has 1 fully saturated rings. The summed E-state index contributed by atoms with van der Waals surface area (Å²) < 4.78 is 0. The molecule has 0 saturated heterocycles. The van der Waals surface area contributed by atoms with Crippen molar-refractivity contribution in [2.45, 2.75) is 31.7 Å². The minimum absolute atomic E-state index is 0.0990. The summed E-state index contributed by atoms with van der Waals surface area (Å²) in [4.78, 5) is 12.5. The average Bonchev–Trinajstić information content (AvgIpc) is 3.20. The molecule has 0 heterocycles. The first-order valence-corrected chi connectivity index (χ1v) is 6.64. The fraction of sp³-hybridized carbons (Fsp3) is 0.538. The largest absolute Gasteiger partial charge is 0.371 e. The van der Waals surface area contributed by atoms with Gasteiger partial charge in [-0.25, -0.2) is 0 Å². The lowest BCUT2D eigenvalue weighted by atomic mass is 10.1. The molecule has 1 atom stereocenters. The monoisotopic (exact) mass is 268 g/mol. The zero-order chi connectivity index (χ0) is 13.3. The van der Waals surface area contributed by atoms with E-state index in [1.54, 1.807) is 18.2 Å². The van der Waals surface area contributed by atoms with Gasteiger partial charge in [-0.05, 0) is 37.3 Å². The molecular formula is C13H17ClN2O2. The van der Waals surface area contributed by atoms with Crippen molar-refractivity contribution in [3.05, 3.63) is 33.9 Å². The van der Waals surface area contributed by atoms with Crippen LogP contribution in [0.2, 0.25) is 0 Å². The van der Waals surface area contributed by atoms with E-state index in [1.807, 2.05) is 7.05 Å². The molecule has 98 valence electrons. The Balaban J connectivity index is 2.28. The second-order valence-electron chi connectivity index (χ2n) is 4.89. The highest BCUT2D eigenvalue weighted by Gasteiger charge is 2.31. The molecular weight excluding hydrogens is 252 g/mol. The van der Waals surface area contributed by atoms with Crippen molar-refractivity contribution in [1.29, 1.82) is 0 Å². The van der Waals surface area contributed by atoms with Gasteiger partial charge in [0.05, 0.1) is 4.92 Å². The topological polar surface area (TPSA) is 46.4 Å². The molecule has 0 bridgehead atoms. The minimum Gasteiger partial charge on any atom is -0.371 e. The lowest BCUT2D eigenvalue weighted by Gasteiger charge is -2.28. The summed E-state index contributed by atoms with van der Waals surface area (Å²) in [5.74, 6) is 1.03. The summed E-state index contributed by atoms with van der Waals surface area (Å²) >= 11 is 5.90. The Hall–Kier alpha value is -1.29. The van der Waals surface area contributed by atoms with Crippen LogP contribution in [-0.4, -0.2) is 18.0 Å². The van der Waals surface area contributed by atoms with Crippen molar-refractivity contribution in [2.24, 2.45) is 5.92 Å². The first kappa shape index (κ1) is 13.1. The van der Waals surface area contributed by atoms with Crippen LogP contribution >= 0.6 is 11.6 Å². The molecule has 0 N–H and O–H groups in total. The normalized spacial score (nSPS) is 16.4. The van der Waals surface area contributed by atoms with E-state index in [1.165, 1.54) is 12.8 Å². The summed E-state index contributed by atoms with van der Waals surface area (Å²) in [6, 6.07) is 5.36. The number of alkyl halides is 1. The summed E-state index contributed by atoms with van der Waals surface area (Å²) in [5.41, 5.74) is 1.91. The van der Waals surface area contributed by atoms with Gasteiger partial charge in [0.2, 0.25) is 0 Å². The highest BCUT2D eigenvalue weighted by Crippen LogP contribution is 2.37. The van der Waals surface area contributed by atoms with E-state index >= 15 is 0 Å². The summed E-state index contributed by atoms with van der Waals surface area (Å²) in [7, 11) is 2.03. The van der Waals surface area contributed by atoms with Crippen molar-refractivity contribution in [3.63, 3.8) is 0 Å². The maximum atomic E-state index is 10.8. The fourth-order valence-electron chi connectivity index (χ4n) is 2.25. The predicted molar refractivity (Wildman–Crippen MR) is 73.2 cm³/mol.